The monoisotopic (exact) mass is 443 g/mol. The fourth-order valence-electron chi connectivity index (χ4n) is 2.81. The number of halogens is 1. The van der Waals surface area contributed by atoms with Crippen molar-refractivity contribution in [3.05, 3.63) is 32.1 Å². The predicted molar refractivity (Wildman–Crippen MR) is 101 cm³/mol. The lowest BCUT2D eigenvalue weighted by atomic mass is 9.95. The lowest BCUT2D eigenvalue weighted by molar-refractivity contribution is -0.119. The predicted octanol–water partition coefficient (Wildman–Crippen LogP) is 3.07. The van der Waals surface area contributed by atoms with Gasteiger partial charge in [-0.15, -0.1) is 0 Å². The summed E-state index contributed by atoms with van der Waals surface area (Å²) in [6, 6.07) is 5.87. The van der Waals surface area contributed by atoms with Gasteiger partial charge >= 0.3 is 0 Å². The van der Waals surface area contributed by atoms with Crippen molar-refractivity contribution in [3.8, 4) is 0 Å². The number of carbonyl (C=O) groups is 1. The summed E-state index contributed by atoms with van der Waals surface area (Å²) in [5.41, 5.74) is 0.494. The Morgan fingerprint density at radius 3 is 2.91 bits per heavy atom. The quantitative estimate of drug-likeness (QED) is 0.433. The van der Waals surface area contributed by atoms with E-state index in [0.29, 0.717) is 22.1 Å². The second-order valence-electron chi connectivity index (χ2n) is 5.72. The summed E-state index contributed by atoms with van der Waals surface area (Å²) < 4.78 is 0.995. The number of hydrogen-bond acceptors (Lipinski definition) is 4. The van der Waals surface area contributed by atoms with Gasteiger partial charge in [0, 0.05) is 9.61 Å². The molecule has 7 heteroatoms. The molecule has 2 aromatic rings. The van der Waals surface area contributed by atoms with E-state index in [9.17, 15) is 9.59 Å². The van der Waals surface area contributed by atoms with Crippen LogP contribution in [0.15, 0.2) is 28.2 Å². The number of aromatic amines is 1. The average Bonchev–Trinajstić information content (AvgIpc) is 2.55. The van der Waals surface area contributed by atoms with E-state index in [4.69, 9.17) is 0 Å². The molecule has 0 atom stereocenters. The minimum atomic E-state index is -0.163. The molecule has 1 aromatic carbocycles. The van der Waals surface area contributed by atoms with Crippen molar-refractivity contribution in [2.75, 3.05) is 5.75 Å². The van der Waals surface area contributed by atoms with Crippen LogP contribution >= 0.6 is 34.4 Å². The first-order chi connectivity index (χ1) is 11.1. The van der Waals surface area contributed by atoms with E-state index < -0.39 is 0 Å². The van der Waals surface area contributed by atoms with Gasteiger partial charge in [0.15, 0.2) is 5.16 Å². The van der Waals surface area contributed by atoms with Crippen molar-refractivity contribution in [3.63, 3.8) is 0 Å². The molecular formula is C16H18IN3O2S. The van der Waals surface area contributed by atoms with Gasteiger partial charge in [-0.1, -0.05) is 31.0 Å². The lowest BCUT2D eigenvalue weighted by Gasteiger charge is -2.22. The third-order valence-electron chi connectivity index (χ3n) is 3.96. The van der Waals surface area contributed by atoms with Crippen molar-refractivity contribution in [1.29, 1.82) is 0 Å². The van der Waals surface area contributed by atoms with Crippen LogP contribution in [0, 0.1) is 3.57 Å². The topological polar surface area (TPSA) is 74.8 Å². The molecule has 1 saturated carbocycles. The number of aromatic nitrogens is 2. The molecule has 122 valence electrons. The summed E-state index contributed by atoms with van der Waals surface area (Å²) in [7, 11) is 0. The number of thioether (sulfide) groups is 1. The lowest BCUT2D eigenvalue weighted by Crippen LogP contribution is -2.37. The highest BCUT2D eigenvalue weighted by atomic mass is 127. The molecule has 1 heterocycles. The molecule has 3 rings (SSSR count). The molecule has 0 radical (unpaired) electrons. The van der Waals surface area contributed by atoms with Crippen LogP contribution in [0.2, 0.25) is 0 Å². The summed E-state index contributed by atoms with van der Waals surface area (Å²) in [5.74, 6) is 0.280. The molecule has 1 aliphatic rings. The highest BCUT2D eigenvalue weighted by molar-refractivity contribution is 14.1. The second kappa shape index (κ2) is 7.65. The Morgan fingerprint density at radius 1 is 1.35 bits per heavy atom. The van der Waals surface area contributed by atoms with E-state index in [1.165, 1.54) is 31.0 Å². The number of benzene rings is 1. The SMILES string of the molecule is O=C(CSc1nc2ccc(I)cc2c(=O)[nH]1)NC1CCCCC1. The number of H-pyrrole nitrogens is 1. The van der Waals surface area contributed by atoms with Gasteiger partial charge in [0.2, 0.25) is 5.91 Å². The molecule has 5 nitrogen and oxygen atoms in total. The number of rotatable bonds is 4. The molecule has 1 aromatic heterocycles. The summed E-state index contributed by atoms with van der Waals surface area (Å²) in [4.78, 5) is 31.3. The Labute approximate surface area is 152 Å². The standard InChI is InChI=1S/C16H18IN3O2S/c17-10-6-7-13-12(8-10)15(22)20-16(19-13)23-9-14(21)18-11-4-2-1-3-5-11/h6-8,11H,1-5,9H2,(H,18,21)(H,19,20,22). The number of nitrogens with zero attached hydrogens (tertiary/aromatic N) is 1. The molecule has 0 spiro atoms. The van der Waals surface area contributed by atoms with Gasteiger partial charge < -0.3 is 10.3 Å². The molecule has 1 fully saturated rings. The molecule has 0 saturated heterocycles. The third kappa shape index (κ3) is 4.47. The highest BCUT2D eigenvalue weighted by Crippen LogP contribution is 2.19. The van der Waals surface area contributed by atoms with Crippen molar-refractivity contribution in [1.82, 2.24) is 15.3 Å². The first-order valence-electron chi connectivity index (χ1n) is 7.73. The van der Waals surface area contributed by atoms with Crippen LogP contribution < -0.4 is 10.9 Å². The Kier molecular flexibility index (Phi) is 5.58. The Hall–Kier alpha value is -1.09. The van der Waals surface area contributed by atoms with E-state index in [2.05, 4.69) is 37.9 Å². The maximum atomic E-state index is 12.1. The van der Waals surface area contributed by atoms with Gasteiger partial charge in [0.05, 0.1) is 16.7 Å². The van der Waals surface area contributed by atoms with Crippen molar-refractivity contribution >= 4 is 51.2 Å². The maximum absolute atomic E-state index is 12.1. The van der Waals surface area contributed by atoms with Crippen LogP contribution in [0.3, 0.4) is 0 Å². The average molecular weight is 443 g/mol. The van der Waals surface area contributed by atoms with Crippen LogP contribution in [0.5, 0.6) is 0 Å². The Balaban J connectivity index is 1.63. The zero-order valence-corrected chi connectivity index (χ0v) is 15.6. The van der Waals surface area contributed by atoms with Crippen LogP contribution in [0.1, 0.15) is 32.1 Å². The van der Waals surface area contributed by atoms with Gasteiger partial charge in [-0.05, 0) is 53.6 Å². The molecule has 0 aliphatic heterocycles. The van der Waals surface area contributed by atoms with Crippen LogP contribution in [0.4, 0.5) is 0 Å². The first kappa shape index (κ1) is 16.8. The minimum absolute atomic E-state index is 0.00672. The van der Waals surface area contributed by atoms with E-state index in [0.717, 1.165) is 16.4 Å². The van der Waals surface area contributed by atoms with Crippen LogP contribution in [-0.4, -0.2) is 27.7 Å². The molecule has 23 heavy (non-hydrogen) atoms. The highest BCUT2D eigenvalue weighted by Gasteiger charge is 2.16. The summed E-state index contributed by atoms with van der Waals surface area (Å²) in [6.45, 7) is 0. The molecule has 2 N–H and O–H groups in total. The van der Waals surface area contributed by atoms with Crippen molar-refractivity contribution < 1.29 is 4.79 Å². The molecule has 1 amide bonds. The third-order valence-corrected chi connectivity index (χ3v) is 5.50. The van der Waals surface area contributed by atoms with Crippen molar-refractivity contribution in [2.24, 2.45) is 0 Å². The van der Waals surface area contributed by atoms with Gasteiger partial charge in [0.1, 0.15) is 0 Å². The first-order valence-corrected chi connectivity index (χ1v) is 9.80. The second-order valence-corrected chi connectivity index (χ2v) is 7.93. The number of carbonyl (C=O) groups excluding carboxylic acids is 1. The summed E-state index contributed by atoms with van der Waals surface area (Å²) >= 11 is 3.44. The Bertz CT molecular complexity index is 771. The molecule has 1 aliphatic carbocycles. The van der Waals surface area contributed by atoms with E-state index in [-0.39, 0.29) is 17.2 Å². The minimum Gasteiger partial charge on any atom is -0.353 e. The largest absolute Gasteiger partial charge is 0.353 e. The van der Waals surface area contributed by atoms with E-state index in [1.54, 1.807) is 0 Å². The smallest absolute Gasteiger partial charge is 0.259 e. The molecule has 0 unspecified atom stereocenters. The van der Waals surface area contributed by atoms with E-state index in [1.807, 2.05) is 18.2 Å². The summed E-state index contributed by atoms with van der Waals surface area (Å²) in [6.07, 6.45) is 5.79. The van der Waals surface area contributed by atoms with Crippen molar-refractivity contribution in [2.45, 2.75) is 43.3 Å². The van der Waals surface area contributed by atoms with Gasteiger partial charge in [-0.25, -0.2) is 4.98 Å². The fraction of sp³-hybridized carbons (Fsp3) is 0.438. The zero-order chi connectivity index (χ0) is 16.2. The molecular weight excluding hydrogens is 425 g/mol. The normalized spacial score (nSPS) is 15.7. The number of amides is 1. The van der Waals surface area contributed by atoms with Gasteiger partial charge in [-0.2, -0.15) is 0 Å². The molecule has 0 bridgehead atoms. The Morgan fingerprint density at radius 2 is 2.13 bits per heavy atom. The summed E-state index contributed by atoms with van der Waals surface area (Å²) in [5, 5.41) is 4.13. The van der Waals surface area contributed by atoms with Gasteiger partial charge in [-0.3, -0.25) is 9.59 Å². The maximum Gasteiger partial charge on any atom is 0.259 e. The van der Waals surface area contributed by atoms with Gasteiger partial charge in [0.25, 0.3) is 5.56 Å². The zero-order valence-electron chi connectivity index (χ0n) is 12.6. The van der Waals surface area contributed by atoms with E-state index >= 15 is 0 Å². The fourth-order valence-corrected chi connectivity index (χ4v) is 3.98. The van der Waals surface area contributed by atoms with Crippen LogP contribution in [-0.2, 0) is 4.79 Å². The van der Waals surface area contributed by atoms with Crippen LogP contribution in [0.25, 0.3) is 10.9 Å². The number of nitrogens with one attached hydrogen (secondary N) is 2. The number of hydrogen-bond donors (Lipinski definition) is 2. The number of fused-ring (bicyclic) bond motifs is 1.